The predicted octanol–water partition coefficient (Wildman–Crippen LogP) is 5.59. The van der Waals surface area contributed by atoms with Gasteiger partial charge in [-0.25, -0.2) is 0 Å². The second-order valence-corrected chi connectivity index (χ2v) is 9.76. The highest BCUT2D eigenvalue weighted by Gasteiger charge is 2.41. The summed E-state index contributed by atoms with van der Waals surface area (Å²) in [5, 5.41) is 15.7. The number of benzene rings is 2. The number of thiocarbonyl (C=S) groups is 1. The fraction of sp³-hybridized carbons (Fsp3) is 0.241. The first kappa shape index (κ1) is 26.2. The van der Waals surface area contributed by atoms with Gasteiger partial charge in [0, 0.05) is 36.3 Å². The number of nitrogens with zero attached hydrogens (tertiary/aromatic N) is 4. The van der Waals surface area contributed by atoms with Crippen molar-refractivity contribution in [1.29, 1.82) is 0 Å². The van der Waals surface area contributed by atoms with Crippen molar-refractivity contribution >= 4 is 23.0 Å². The number of hydrogen-bond donors (Lipinski definition) is 1. The zero-order valence-corrected chi connectivity index (χ0v) is 22.9. The second kappa shape index (κ2) is 10.7. The molecule has 5 rings (SSSR count). The Bertz CT molecular complexity index is 1520. The van der Waals surface area contributed by atoms with Gasteiger partial charge in [0.2, 0.25) is 0 Å². The highest BCUT2D eigenvalue weighted by Crippen LogP contribution is 2.43. The monoisotopic (exact) mass is 543 g/mol. The molecule has 1 saturated heterocycles. The molecule has 4 aromatic rings. The van der Waals surface area contributed by atoms with E-state index in [2.05, 4.69) is 21.3 Å². The van der Waals surface area contributed by atoms with Crippen LogP contribution in [0.3, 0.4) is 0 Å². The van der Waals surface area contributed by atoms with Crippen LogP contribution in [-0.4, -0.2) is 38.7 Å². The zero-order chi connectivity index (χ0) is 27.7. The Balaban J connectivity index is 1.63. The molecule has 2 aromatic heterocycles. The number of non-ortho nitro benzene ring substituents is 1. The molecular formula is C29H29N5O4S. The van der Waals surface area contributed by atoms with E-state index in [9.17, 15) is 10.1 Å². The average Bonchev–Trinajstić information content (AvgIpc) is 3.43. The average molecular weight is 544 g/mol. The van der Waals surface area contributed by atoms with E-state index in [-0.39, 0.29) is 17.8 Å². The van der Waals surface area contributed by atoms with Gasteiger partial charge in [-0.05, 0) is 73.6 Å². The van der Waals surface area contributed by atoms with Gasteiger partial charge in [0.05, 0.1) is 42.6 Å². The Morgan fingerprint density at radius 2 is 1.82 bits per heavy atom. The van der Waals surface area contributed by atoms with Gasteiger partial charge in [-0.15, -0.1) is 0 Å². The normalized spacial score (nSPS) is 16.7. The molecule has 9 nitrogen and oxygen atoms in total. The molecule has 3 heterocycles. The summed E-state index contributed by atoms with van der Waals surface area (Å²) in [7, 11) is 3.21. The molecule has 0 saturated carbocycles. The zero-order valence-electron chi connectivity index (χ0n) is 22.1. The number of aryl methyl sites for hydroxylation is 1. The molecular weight excluding hydrogens is 514 g/mol. The summed E-state index contributed by atoms with van der Waals surface area (Å²) in [5.74, 6) is 1.34. The van der Waals surface area contributed by atoms with Gasteiger partial charge in [0.25, 0.3) is 5.69 Å². The first-order valence-electron chi connectivity index (χ1n) is 12.4. The predicted molar refractivity (Wildman–Crippen MR) is 152 cm³/mol. The van der Waals surface area contributed by atoms with Crippen LogP contribution in [0.5, 0.6) is 11.5 Å². The highest BCUT2D eigenvalue weighted by atomic mass is 32.1. The molecule has 2 aromatic carbocycles. The van der Waals surface area contributed by atoms with Crippen LogP contribution in [0.25, 0.3) is 5.69 Å². The summed E-state index contributed by atoms with van der Waals surface area (Å²) in [6.07, 6.45) is 1.78. The van der Waals surface area contributed by atoms with E-state index in [1.807, 2.05) is 60.9 Å². The number of rotatable bonds is 8. The first-order valence-corrected chi connectivity index (χ1v) is 12.9. The quantitative estimate of drug-likeness (QED) is 0.175. The molecule has 0 bridgehead atoms. The molecule has 2 atom stereocenters. The van der Waals surface area contributed by atoms with Crippen LogP contribution in [0.15, 0.2) is 72.9 Å². The molecule has 39 heavy (non-hydrogen) atoms. The number of hydrogen-bond acceptors (Lipinski definition) is 6. The van der Waals surface area contributed by atoms with Crippen LogP contribution in [0.1, 0.15) is 40.3 Å². The third-order valence-corrected chi connectivity index (χ3v) is 7.47. The van der Waals surface area contributed by atoms with Crippen molar-refractivity contribution < 1.29 is 14.4 Å². The lowest BCUT2D eigenvalue weighted by Crippen LogP contribution is -2.29. The Kier molecular flexibility index (Phi) is 7.21. The van der Waals surface area contributed by atoms with Gasteiger partial charge in [0.1, 0.15) is 11.5 Å². The van der Waals surface area contributed by atoms with Crippen molar-refractivity contribution in [3.8, 4) is 17.2 Å². The molecule has 0 aliphatic carbocycles. The van der Waals surface area contributed by atoms with Gasteiger partial charge in [0.15, 0.2) is 5.11 Å². The number of pyridine rings is 1. The summed E-state index contributed by atoms with van der Waals surface area (Å²) in [5.41, 5.74) is 5.46. The van der Waals surface area contributed by atoms with E-state index in [0.717, 1.165) is 34.0 Å². The fourth-order valence-electron chi connectivity index (χ4n) is 5.27. The molecule has 1 aliphatic heterocycles. The lowest BCUT2D eigenvalue weighted by molar-refractivity contribution is -0.384. The largest absolute Gasteiger partial charge is 0.497 e. The van der Waals surface area contributed by atoms with Crippen LogP contribution in [0.2, 0.25) is 0 Å². The Hall–Kier alpha value is -4.44. The Morgan fingerprint density at radius 3 is 2.46 bits per heavy atom. The van der Waals surface area contributed by atoms with E-state index in [1.165, 1.54) is 6.07 Å². The smallest absolute Gasteiger partial charge is 0.271 e. The first-order chi connectivity index (χ1) is 18.8. The van der Waals surface area contributed by atoms with E-state index in [1.54, 1.807) is 32.5 Å². The van der Waals surface area contributed by atoms with Crippen molar-refractivity contribution in [2.24, 2.45) is 0 Å². The standard InChI is InChI=1S/C29H29N5O4S/c1-18-15-23(19(2)33(18)25-16-21(34(35)36)10-13-26(25)38-4)28-27(24-7-5-6-14-30-24)31-29(39)32(28)17-20-8-11-22(37-3)12-9-20/h5-16,27-28H,17H2,1-4H3,(H,31,39). The number of aromatic nitrogens is 2. The summed E-state index contributed by atoms with van der Waals surface area (Å²) in [6.45, 7) is 4.58. The summed E-state index contributed by atoms with van der Waals surface area (Å²) in [4.78, 5) is 18.0. The fourth-order valence-corrected chi connectivity index (χ4v) is 5.57. The van der Waals surface area contributed by atoms with Crippen LogP contribution in [0.4, 0.5) is 5.69 Å². The second-order valence-electron chi connectivity index (χ2n) is 9.38. The van der Waals surface area contributed by atoms with Crippen molar-refractivity contribution in [1.82, 2.24) is 19.8 Å². The molecule has 0 spiro atoms. The lowest BCUT2D eigenvalue weighted by Gasteiger charge is -2.28. The highest BCUT2D eigenvalue weighted by molar-refractivity contribution is 7.80. The maximum atomic E-state index is 11.6. The third kappa shape index (κ3) is 4.90. The molecule has 200 valence electrons. The summed E-state index contributed by atoms with van der Waals surface area (Å²) in [6, 6.07) is 20.2. The van der Waals surface area contributed by atoms with Crippen molar-refractivity contribution in [3.63, 3.8) is 0 Å². The molecule has 2 unspecified atom stereocenters. The van der Waals surface area contributed by atoms with E-state index in [4.69, 9.17) is 21.7 Å². The summed E-state index contributed by atoms with van der Waals surface area (Å²) < 4.78 is 12.9. The van der Waals surface area contributed by atoms with Crippen molar-refractivity contribution in [3.05, 3.63) is 111 Å². The number of nitro groups is 1. The Labute approximate surface area is 232 Å². The molecule has 1 N–H and O–H groups in total. The maximum absolute atomic E-state index is 11.6. The van der Waals surface area contributed by atoms with Crippen LogP contribution in [-0.2, 0) is 6.54 Å². The van der Waals surface area contributed by atoms with Crippen molar-refractivity contribution in [2.75, 3.05) is 14.2 Å². The third-order valence-electron chi connectivity index (χ3n) is 7.11. The molecule has 10 heteroatoms. The molecule has 1 aliphatic rings. The van der Waals surface area contributed by atoms with Gasteiger partial charge in [-0.2, -0.15) is 0 Å². The SMILES string of the molecule is COc1ccc(CN2C(=S)NC(c3ccccn3)C2c2cc(C)n(-c3cc([N+](=O)[O-])ccc3OC)c2C)cc1. The van der Waals surface area contributed by atoms with E-state index >= 15 is 0 Å². The maximum Gasteiger partial charge on any atom is 0.271 e. The topological polar surface area (TPSA) is 94.7 Å². The Morgan fingerprint density at radius 1 is 1.05 bits per heavy atom. The minimum atomic E-state index is -0.398. The van der Waals surface area contributed by atoms with Crippen LogP contribution >= 0.6 is 12.2 Å². The van der Waals surface area contributed by atoms with Gasteiger partial charge in [-0.1, -0.05) is 18.2 Å². The summed E-state index contributed by atoms with van der Waals surface area (Å²) >= 11 is 5.86. The number of nitro benzene ring substituents is 1. The van der Waals surface area contributed by atoms with Gasteiger partial charge in [-0.3, -0.25) is 15.1 Å². The molecule has 1 fully saturated rings. The number of ether oxygens (including phenoxy) is 2. The minimum Gasteiger partial charge on any atom is -0.497 e. The minimum absolute atomic E-state index is 0.00365. The van der Waals surface area contributed by atoms with Gasteiger partial charge >= 0.3 is 0 Å². The molecule has 0 amide bonds. The van der Waals surface area contributed by atoms with Crippen LogP contribution < -0.4 is 14.8 Å². The molecule has 0 radical (unpaired) electrons. The number of nitrogens with one attached hydrogen (secondary N) is 1. The van der Waals surface area contributed by atoms with E-state index in [0.29, 0.717) is 23.1 Å². The lowest BCUT2D eigenvalue weighted by atomic mass is 9.96. The van der Waals surface area contributed by atoms with E-state index < -0.39 is 4.92 Å². The van der Waals surface area contributed by atoms with Crippen LogP contribution in [0, 0.1) is 24.0 Å². The number of methoxy groups -OCH3 is 2. The van der Waals surface area contributed by atoms with Crippen molar-refractivity contribution in [2.45, 2.75) is 32.5 Å². The van der Waals surface area contributed by atoms with Gasteiger partial charge < -0.3 is 24.3 Å².